The Labute approximate surface area is 175 Å². The quantitative estimate of drug-likeness (QED) is 0.442. The molecule has 8 nitrogen and oxygen atoms in total. The van der Waals surface area contributed by atoms with Gasteiger partial charge in [0.2, 0.25) is 0 Å². The van der Waals surface area contributed by atoms with Gasteiger partial charge in [-0.3, -0.25) is 9.59 Å². The summed E-state index contributed by atoms with van der Waals surface area (Å²) >= 11 is 0. The van der Waals surface area contributed by atoms with Crippen LogP contribution in [0.25, 0.3) is 5.76 Å². The second-order valence-corrected chi connectivity index (χ2v) is 7.49. The van der Waals surface area contributed by atoms with Gasteiger partial charge < -0.3 is 19.6 Å². The number of likely N-dealkylation sites (N-methyl/N-ethyl adjacent to an activating group) is 1. The number of hydrogen-bond acceptors (Lipinski definition) is 7. The number of amides is 1. The number of ketones is 1. The van der Waals surface area contributed by atoms with Gasteiger partial charge in [-0.05, 0) is 45.6 Å². The summed E-state index contributed by atoms with van der Waals surface area (Å²) in [5, 5.41) is 11.1. The molecule has 0 saturated carbocycles. The molecule has 0 spiro atoms. The average molecular weight is 410 g/mol. The molecule has 1 saturated heterocycles. The summed E-state index contributed by atoms with van der Waals surface area (Å²) in [4.78, 5) is 37.7. The lowest BCUT2D eigenvalue weighted by Gasteiger charge is -2.26. The molecular weight excluding hydrogens is 384 g/mol. The van der Waals surface area contributed by atoms with Gasteiger partial charge in [0.15, 0.2) is 0 Å². The SMILES string of the molecule is COc1ccc([C@@H]2C(=C(O)c3cnc(C)nc3C)C(=O)C(=O)N2CCN(C)C)cc1. The van der Waals surface area contributed by atoms with E-state index in [4.69, 9.17) is 4.74 Å². The Hall–Kier alpha value is -3.26. The van der Waals surface area contributed by atoms with E-state index in [1.165, 1.54) is 11.1 Å². The predicted octanol–water partition coefficient (Wildman–Crippen LogP) is 2.09. The summed E-state index contributed by atoms with van der Waals surface area (Å²) in [7, 11) is 5.36. The highest BCUT2D eigenvalue weighted by Gasteiger charge is 2.46. The van der Waals surface area contributed by atoms with Crippen molar-refractivity contribution >= 4 is 17.4 Å². The zero-order valence-electron chi connectivity index (χ0n) is 17.8. The van der Waals surface area contributed by atoms with Gasteiger partial charge in [0.25, 0.3) is 11.7 Å². The number of carbonyl (C=O) groups excluding carboxylic acids is 2. The monoisotopic (exact) mass is 410 g/mol. The zero-order valence-corrected chi connectivity index (χ0v) is 17.8. The Kier molecular flexibility index (Phi) is 6.17. The number of carbonyl (C=O) groups is 2. The summed E-state index contributed by atoms with van der Waals surface area (Å²) in [5.74, 6) is -0.398. The van der Waals surface area contributed by atoms with Crippen molar-refractivity contribution in [2.24, 2.45) is 0 Å². The topological polar surface area (TPSA) is 95.9 Å². The number of rotatable bonds is 6. The molecule has 8 heteroatoms. The molecule has 30 heavy (non-hydrogen) atoms. The number of likely N-dealkylation sites (tertiary alicyclic amines) is 1. The lowest BCUT2D eigenvalue weighted by Crippen LogP contribution is -2.35. The molecule has 1 aliphatic rings. The lowest BCUT2D eigenvalue weighted by molar-refractivity contribution is -0.140. The van der Waals surface area contributed by atoms with Crippen LogP contribution in [0.1, 0.15) is 28.7 Å². The molecule has 1 fully saturated rings. The van der Waals surface area contributed by atoms with Gasteiger partial charge in [-0.2, -0.15) is 0 Å². The van der Waals surface area contributed by atoms with Crippen LogP contribution < -0.4 is 4.74 Å². The van der Waals surface area contributed by atoms with Crippen LogP contribution in [-0.2, 0) is 9.59 Å². The minimum atomic E-state index is -0.716. The molecule has 1 N–H and O–H groups in total. The Bertz CT molecular complexity index is 999. The molecule has 2 heterocycles. The van der Waals surface area contributed by atoms with Crippen molar-refractivity contribution in [2.75, 3.05) is 34.3 Å². The van der Waals surface area contributed by atoms with Crippen LogP contribution in [0.5, 0.6) is 5.75 Å². The molecule has 0 radical (unpaired) electrons. The van der Waals surface area contributed by atoms with Gasteiger partial charge in [0.1, 0.15) is 17.3 Å². The van der Waals surface area contributed by atoms with E-state index in [0.717, 1.165) is 0 Å². The van der Waals surface area contributed by atoms with E-state index >= 15 is 0 Å². The second kappa shape index (κ2) is 8.62. The number of hydrogen-bond donors (Lipinski definition) is 1. The van der Waals surface area contributed by atoms with Crippen LogP contribution in [0.2, 0.25) is 0 Å². The van der Waals surface area contributed by atoms with Crippen LogP contribution in [0.3, 0.4) is 0 Å². The molecule has 2 aromatic rings. The number of methoxy groups -OCH3 is 1. The Morgan fingerprint density at radius 3 is 2.43 bits per heavy atom. The average Bonchev–Trinajstić information content (AvgIpc) is 2.96. The molecule has 1 aromatic carbocycles. The zero-order chi connectivity index (χ0) is 22.0. The first-order valence-electron chi connectivity index (χ1n) is 9.62. The Morgan fingerprint density at radius 2 is 1.87 bits per heavy atom. The van der Waals surface area contributed by atoms with Crippen LogP contribution in [-0.4, -0.2) is 70.9 Å². The number of aromatic nitrogens is 2. The minimum Gasteiger partial charge on any atom is -0.507 e. The maximum absolute atomic E-state index is 13.0. The van der Waals surface area contributed by atoms with Crippen molar-refractivity contribution in [3.05, 3.63) is 58.7 Å². The predicted molar refractivity (Wildman–Crippen MR) is 112 cm³/mol. The molecule has 1 aromatic heterocycles. The lowest BCUT2D eigenvalue weighted by atomic mass is 9.95. The van der Waals surface area contributed by atoms with Crippen molar-refractivity contribution in [3.63, 3.8) is 0 Å². The van der Waals surface area contributed by atoms with Gasteiger partial charge in [-0.25, -0.2) is 9.97 Å². The number of ether oxygens (including phenoxy) is 1. The number of aryl methyl sites for hydroxylation is 2. The highest BCUT2D eigenvalue weighted by Crippen LogP contribution is 2.39. The summed E-state index contributed by atoms with van der Waals surface area (Å²) in [6.07, 6.45) is 1.48. The molecule has 0 aliphatic carbocycles. The standard InChI is InChI=1S/C22H26N4O4/c1-13-17(12-23-14(2)24-13)20(27)18-19(15-6-8-16(30-5)9-7-15)26(11-10-25(3)4)22(29)21(18)28/h6-9,12,19,27H,10-11H2,1-5H3/t19-/m1/s1. The van der Waals surface area contributed by atoms with E-state index < -0.39 is 17.7 Å². The summed E-state index contributed by atoms with van der Waals surface area (Å²) in [6, 6.07) is 6.41. The molecule has 158 valence electrons. The number of Topliss-reactive ketones (excluding diaryl/α,β-unsaturated/α-hetero) is 1. The fourth-order valence-electron chi connectivity index (χ4n) is 3.51. The molecule has 1 amide bonds. The normalized spacial score (nSPS) is 18.3. The van der Waals surface area contributed by atoms with E-state index in [0.29, 0.717) is 41.5 Å². The van der Waals surface area contributed by atoms with Crippen LogP contribution >= 0.6 is 0 Å². The van der Waals surface area contributed by atoms with Crippen LogP contribution in [0.4, 0.5) is 0 Å². The van der Waals surface area contributed by atoms with Crippen molar-refractivity contribution < 1.29 is 19.4 Å². The summed E-state index contributed by atoms with van der Waals surface area (Å²) in [6.45, 7) is 4.39. The van der Waals surface area contributed by atoms with E-state index in [2.05, 4.69) is 9.97 Å². The summed E-state index contributed by atoms with van der Waals surface area (Å²) < 4.78 is 5.22. The van der Waals surface area contributed by atoms with Crippen LogP contribution in [0.15, 0.2) is 36.0 Å². The highest BCUT2D eigenvalue weighted by atomic mass is 16.5. The molecule has 0 bridgehead atoms. The molecule has 0 unspecified atom stereocenters. The van der Waals surface area contributed by atoms with Gasteiger partial charge in [0, 0.05) is 19.3 Å². The fraction of sp³-hybridized carbons (Fsp3) is 0.364. The first-order valence-corrected chi connectivity index (χ1v) is 9.62. The molecule has 1 atom stereocenters. The third kappa shape index (κ3) is 4.04. The molecule has 1 aliphatic heterocycles. The van der Waals surface area contributed by atoms with Gasteiger partial charge >= 0.3 is 0 Å². The van der Waals surface area contributed by atoms with Crippen molar-refractivity contribution in [1.29, 1.82) is 0 Å². The highest BCUT2D eigenvalue weighted by molar-refractivity contribution is 6.46. The van der Waals surface area contributed by atoms with Gasteiger partial charge in [0.05, 0.1) is 30.0 Å². The summed E-state index contributed by atoms with van der Waals surface area (Å²) in [5.41, 5.74) is 1.62. The Morgan fingerprint density at radius 1 is 1.20 bits per heavy atom. The molecule has 3 rings (SSSR count). The van der Waals surface area contributed by atoms with Crippen molar-refractivity contribution in [1.82, 2.24) is 19.8 Å². The van der Waals surface area contributed by atoms with E-state index in [1.54, 1.807) is 45.2 Å². The van der Waals surface area contributed by atoms with Gasteiger partial charge in [-0.15, -0.1) is 0 Å². The maximum Gasteiger partial charge on any atom is 0.295 e. The Balaban J connectivity index is 2.16. The number of aliphatic hydroxyl groups is 1. The first kappa shape index (κ1) is 21.4. The van der Waals surface area contributed by atoms with E-state index in [9.17, 15) is 14.7 Å². The minimum absolute atomic E-state index is 0.0412. The smallest absolute Gasteiger partial charge is 0.295 e. The largest absolute Gasteiger partial charge is 0.507 e. The van der Waals surface area contributed by atoms with Crippen molar-refractivity contribution in [2.45, 2.75) is 19.9 Å². The van der Waals surface area contributed by atoms with E-state index in [-0.39, 0.29) is 11.3 Å². The number of benzene rings is 1. The van der Waals surface area contributed by atoms with Crippen LogP contribution in [0, 0.1) is 13.8 Å². The molecular formula is C22H26N4O4. The second-order valence-electron chi connectivity index (χ2n) is 7.49. The van der Waals surface area contributed by atoms with Gasteiger partial charge in [-0.1, -0.05) is 12.1 Å². The number of nitrogens with zero attached hydrogens (tertiary/aromatic N) is 4. The maximum atomic E-state index is 13.0. The first-order chi connectivity index (χ1) is 14.2. The third-order valence-electron chi connectivity index (χ3n) is 5.11. The van der Waals surface area contributed by atoms with Crippen molar-refractivity contribution in [3.8, 4) is 5.75 Å². The third-order valence-corrected chi connectivity index (χ3v) is 5.11. The van der Waals surface area contributed by atoms with E-state index in [1.807, 2.05) is 19.0 Å². The fourth-order valence-corrected chi connectivity index (χ4v) is 3.51. The number of aliphatic hydroxyl groups excluding tert-OH is 1.